The summed E-state index contributed by atoms with van der Waals surface area (Å²) in [4.78, 5) is 13.9. The summed E-state index contributed by atoms with van der Waals surface area (Å²) in [5.41, 5.74) is 2.78. The van der Waals surface area contributed by atoms with Crippen LogP contribution in [0.25, 0.3) is 0 Å². The minimum Gasteiger partial charge on any atom is -0.497 e. The first kappa shape index (κ1) is 21.4. The van der Waals surface area contributed by atoms with Crippen LogP contribution in [0.2, 0.25) is 0 Å². The molecule has 1 amide bonds. The summed E-state index contributed by atoms with van der Waals surface area (Å²) >= 11 is 0. The molecule has 0 saturated carbocycles. The van der Waals surface area contributed by atoms with Crippen molar-refractivity contribution in [1.29, 1.82) is 0 Å². The maximum Gasteiger partial charge on any atom is 0.251 e. The van der Waals surface area contributed by atoms with Crippen LogP contribution in [-0.2, 0) is 6.61 Å². The zero-order chi connectivity index (χ0) is 21.3. The monoisotopic (exact) mass is 405 g/mol. The minimum atomic E-state index is -0.0836. The zero-order valence-electron chi connectivity index (χ0n) is 17.7. The molecule has 3 aromatic carbocycles. The lowest BCUT2D eigenvalue weighted by Crippen LogP contribution is -3.07. The van der Waals surface area contributed by atoms with Crippen LogP contribution in [0.15, 0.2) is 78.9 Å². The van der Waals surface area contributed by atoms with E-state index < -0.39 is 0 Å². The fourth-order valence-corrected chi connectivity index (χ4v) is 3.25. The van der Waals surface area contributed by atoms with E-state index in [1.165, 1.54) is 4.90 Å². The molecule has 156 valence electrons. The van der Waals surface area contributed by atoms with Gasteiger partial charge in [0.05, 0.1) is 27.7 Å². The average Bonchev–Trinajstić information content (AvgIpc) is 2.78. The number of quaternary nitrogens is 1. The van der Waals surface area contributed by atoms with Crippen LogP contribution in [0, 0.1) is 0 Å². The van der Waals surface area contributed by atoms with Crippen LogP contribution in [-0.4, -0.2) is 33.7 Å². The van der Waals surface area contributed by atoms with Crippen molar-refractivity contribution in [1.82, 2.24) is 5.32 Å². The maximum absolute atomic E-state index is 12.6. The normalized spacial score (nSPS) is 11.7. The molecular weight excluding hydrogens is 376 g/mol. The van der Waals surface area contributed by atoms with Gasteiger partial charge in [-0.15, -0.1) is 0 Å². The fraction of sp³-hybridized carbons (Fsp3) is 0.240. The Labute approximate surface area is 178 Å². The second-order valence-corrected chi connectivity index (χ2v) is 7.42. The molecule has 0 aromatic heterocycles. The number of carbonyl (C=O) groups is 1. The predicted molar refractivity (Wildman–Crippen MR) is 118 cm³/mol. The van der Waals surface area contributed by atoms with Gasteiger partial charge in [-0.2, -0.15) is 0 Å². The number of likely N-dealkylation sites (N-methyl/N-ethyl adjacent to an activating group) is 1. The third-order valence-corrected chi connectivity index (χ3v) is 5.02. The van der Waals surface area contributed by atoms with Gasteiger partial charge >= 0.3 is 0 Å². The lowest BCUT2D eigenvalue weighted by molar-refractivity contribution is -0.890. The molecule has 0 radical (unpaired) electrons. The van der Waals surface area contributed by atoms with E-state index in [0.717, 1.165) is 22.6 Å². The lowest BCUT2D eigenvalue weighted by Gasteiger charge is -2.22. The largest absolute Gasteiger partial charge is 0.497 e. The van der Waals surface area contributed by atoms with Gasteiger partial charge in [-0.25, -0.2) is 0 Å². The van der Waals surface area contributed by atoms with Gasteiger partial charge in [-0.3, -0.25) is 4.79 Å². The Balaban J connectivity index is 1.57. The molecule has 0 saturated heterocycles. The highest BCUT2D eigenvalue weighted by molar-refractivity contribution is 5.94. The summed E-state index contributed by atoms with van der Waals surface area (Å²) in [6.07, 6.45) is 0. The van der Waals surface area contributed by atoms with Crippen LogP contribution in [0.5, 0.6) is 11.5 Å². The third kappa shape index (κ3) is 5.84. The number of benzene rings is 3. The smallest absolute Gasteiger partial charge is 0.251 e. The Bertz CT molecular complexity index is 940. The second kappa shape index (κ2) is 10.5. The number of methoxy groups -OCH3 is 1. The van der Waals surface area contributed by atoms with Crippen LogP contribution >= 0.6 is 0 Å². The highest BCUT2D eigenvalue weighted by Gasteiger charge is 2.19. The van der Waals surface area contributed by atoms with Gasteiger partial charge in [0.25, 0.3) is 5.91 Å². The molecule has 2 N–H and O–H groups in total. The first-order valence-electron chi connectivity index (χ1n) is 10.1. The van der Waals surface area contributed by atoms with Gasteiger partial charge in [-0.05, 0) is 42.0 Å². The first-order valence-corrected chi connectivity index (χ1v) is 10.1. The summed E-state index contributed by atoms with van der Waals surface area (Å²) < 4.78 is 11.1. The standard InChI is InChI=1S/C25H28N2O3/c1-27(2)24(21-8-7-11-23(16-21)29-3)17-26-25(28)20-14-12-19(13-15-20)18-30-22-9-5-4-6-10-22/h4-16,24H,17-18H2,1-3H3,(H,26,28)/p+1/t24-/m0/s1. The molecule has 3 rings (SSSR count). The molecule has 0 fully saturated rings. The van der Waals surface area contributed by atoms with Gasteiger partial charge in [0.15, 0.2) is 0 Å². The van der Waals surface area contributed by atoms with E-state index in [4.69, 9.17) is 9.47 Å². The predicted octanol–water partition coefficient (Wildman–Crippen LogP) is 2.89. The van der Waals surface area contributed by atoms with Crippen molar-refractivity contribution in [3.05, 3.63) is 95.6 Å². The van der Waals surface area contributed by atoms with E-state index in [-0.39, 0.29) is 11.9 Å². The van der Waals surface area contributed by atoms with Gasteiger partial charge in [0.1, 0.15) is 24.1 Å². The number of ether oxygens (including phenoxy) is 2. The van der Waals surface area contributed by atoms with Crippen LogP contribution in [0.4, 0.5) is 0 Å². The average molecular weight is 406 g/mol. The Kier molecular flexibility index (Phi) is 7.46. The highest BCUT2D eigenvalue weighted by Crippen LogP contribution is 2.17. The summed E-state index contributed by atoms with van der Waals surface area (Å²) in [6, 6.07) is 25.3. The SMILES string of the molecule is COc1cccc([C@H](CNC(=O)c2ccc(COc3ccccc3)cc2)[NH+](C)C)c1. The Morgan fingerprint density at radius 1 is 0.933 bits per heavy atom. The Hall–Kier alpha value is -3.31. The molecule has 3 aromatic rings. The molecule has 0 aliphatic carbocycles. The van der Waals surface area contributed by atoms with E-state index in [0.29, 0.717) is 18.7 Å². The quantitative estimate of drug-likeness (QED) is 0.576. The van der Waals surface area contributed by atoms with Gasteiger partial charge < -0.3 is 19.7 Å². The van der Waals surface area contributed by atoms with Gasteiger partial charge in [0, 0.05) is 11.1 Å². The van der Waals surface area contributed by atoms with Crippen molar-refractivity contribution in [3.63, 3.8) is 0 Å². The topological polar surface area (TPSA) is 52.0 Å². The van der Waals surface area contributed by atoms with Crippen molar-refractivity contribution in [2.75, 3.05) is 27.7 Å². The number of para-hydroxylation sites is 1. The van der Waals surface area contributed by atoms with Crippen LogP contribution in [0.3, 0.4) is 0 Å². The van der Waals surface area contributed by atoms with Gasteiger partial charge in [-0.1, -0.05) is 42.5 Å². The maximum atomic E-state index is 12.6. The van der Waals surface area contributed by atoms with E-state index in [1.54, 1.807) is 7.11 Å². The van der Waals surface area contributed by atoms with E-state index in [9.17, 15) is 4.79 Å². The Morgan fingerprint density at radius 3 is 2.30 bits per heavy atom. The first-order chi connectivity index (χ1) is 14.6. The summed E-state index contributed by atoms with van der Waals surface area (Å²) in [5.74, 6) is 1.56. The van der Waals surface area contributed by atoms with Crippen molar-refractivity contribution < 1.29 is 19.2 Å². The molecule has 30 heavy (non-hydrogen) atoms. The number of hydrogen-bond acceptors (Lipinski definition) is 3. The minimum absolute atomic E-state index is 0.0836. The zero-order valence-corrected chi connectivity index (χ0v) is 17.7. The van der Waals surface area contributed by atoms with Crippen LogP contribution in [0.1, 0.15) is 27.5 Å². The molecule has 0 aliphatic rings. The number of carbonyl (C=O) groups excluding carboxylic acids is 1. The van der Waals surface area contributed by atoms with E-state index in [1.807, 2.05) is 72.8 Å². The van der Waals surface area contributed by atoms with Crippen molar-refractivity contribution in [2.24, 2.45) is 0 Å². The third-order valence-electron chi connectivity index (χ3n) is 5.02. The van der Waals surface area contributed by atoms with E-state index in [2.05, 4.69) is 25.5 Å². The molecule has 0 spiro atoms. The van der Waals surface area contributed by atoms with Crippen LogP contribution < -0.4 is 19.7 Å². The van der Waals surface area contributed by atoms with E-state index >= 15 is 0 Å². The number of hydrogen-bond donors (Lipinski definition) is 2. The lowest BCUT2D eigenvalue weighted by atomic mass is 10.1. The molecule has 5 heteroatoms. The molecule has 0 bridgehead atoms. The number of rotatable bonds is 9. The summed E-state index contributed by atoms with van der Waals surface area (Å²) in [5, 5.41) is 3.06. The highest BCUT2D eigenvalue weighted by atomic mass is 16.5. The van der Waals surface area contributed by atoms with Crippen molar-refractivity contribution in [3.8, 4) is 11.5 Å². The second-order valence-electron chi connectivity index (χ2n) is 7.42. The molecule has 1 atom stereocenters. The fourth-order valence-electron chi connectivity index (χ4n) is 3.25. The Morgan fingerprint density at radius 2 is 1.63 bits per heavy atom. The van der Waals surface area contributed by atoms with Crippen molar-refractivity contribution >= 4 is 5.91 Å². The van der Waals surface area contributed by atoms with Crippen molar-refractivity contribution in [2.45, 2.75) is 12.6 Å². The molecule has 0 unspecified atom stereocenters. The molecule has 0 heterocycles. The number of amides is 1. The summed E-state index contributed by atoms with van der Waals surface area (Å²) in [6.45, 7) is 1.00. The molecule has 5 nitrogen and oxygen atoms in total. The van der Waals surface area contributed by atoms with Gasteiger partial charge in [0.2, 0.25) is 0 Å². The number of nitrogens with one attached hydrogen (secondary N) is 2. The summed E-state index contributed by atoms with van der Waals surface area (Å²) in [7, 11) is 5.82. The molecular formula is C25H29N2O3+. The molecule has 0 aliphatic heterocycles.